The first-order valence-corrected chi connectivity index (χ1v) is 6.63. The molecule has 15 heavy (non-hydrogen) atoms. The minimum Gasteiger partial charge on any atom is -0.330 e. The van der Waals surface area contributed by atoms with Crippen LogP contribution in [0.25, 0.3) is 0 Å². The molecule has 0 atom stereocenters. The monoisotopic (exact) mass is 224 g/mol. The van der Waals surface area contributed by atoms with Gasteiger partial charge in [-0.25, -0.2) is 0 Å². The maximum Gasteiger partial charge on any atom is 0.0205 e. The predicted molar refractivity (Wildman–Crippen MR) is 68.2 cm³/mol. The highest BCUT2D eigenvalue weighted by Crippen LogP contribution is 2.14. The number of thioether (sulfide) groups is 1. The van der Waals surface area contributed by atoms with E-state index in [0.29, 0.717) is 0 Å². The second kappa shape index (κ2) is 7.74. The van der Waals surface area contributed by atoms with Crippen molar-refractivity contribution in [3.8, 4) is 0 Å². The number of benzene rings is 1. The summed E-state index contributed by atoms with van der Waals surface area (Å²) in [5.74, 6) is 0. The Morgan fingerprint density at radius 3 is 2.53 bits per heavy atom. The van der Waals surface area contributed by atoms with Crippen LogP contribution in [0.1, 0.15) is 18.4 Å². The van der Waals surface area contributed by atoms with Crippen molar-refractivity contribution in [2.24, 2.45) is 5.73 Å². The van der Waals surface area contributed by atoms with Crippen molar-refractivity contribution in [3.63, 3.8) is 0 Å². The van der Waals surface area contributed by atoms with E-state index in [9.17, 15) is 0 Å². The van der Waals surface area contributed by atoms with Gasteiger partial charge in [0.2, 0.25) is 0 Å². The zero-order valence-electron chi connectivity index (χ0n) is 9.33. The second-order valence-electron chi connectivity index (χ2n) is 3.52. The van der Waals surface area contributed by atoms with E-state index in [1.807, 2.05) is 0 Å². The number of nitrogens with two attached hydrogens (primary N) is 1. The van der Waals surface area contributed by atoms with Crippen LogP contribution >= 0.6 is 11.8 Å². The molecule has 0 aliphatic heterocycles. The number of unbranched alkanes of at least 4 members (excludes halogenated alkanes) is 1. The van der Waals surface area contributed by atoms with Crippen molar-refractivity contribution in [3.05, 3.63) is 29.8 Å². The van der Waals surface area contributed by atoms with E-state index in [4.69, 9.17) is 5.73 Å². The van der Waals surface area contributed by atoms with Crippen molar-refractivity contribution >= 4 is 11.8 Å². The van der Waals surface area contributed by atoms with Crippen molar-refractivity contribution in [2.45, 2.75) is 24.3 Å². The van der Waals surface area contributed by atoms with E-state index in [2.05, 4.69) is 35.8 Å². The van der Waals surface area contributed by atoms with Crippen molar-refractivity contribution in [1.82, 2.24) is 5.32 Å². The van der Waals surface area contributed by atoms with Gasteiger partial charge in [0, 0.05) is 11.4 Å². The molecule has 0 fully saturated rings. The Bertz CT molecular complexity index is 259. The third-order valence-corrected chi connectivity index (χ3v) is 3.04. The molecule has 1 rings (SSSR count). The highest BCUT2D eigenvalue weighted by Gasteiger charge is 1.93. The van der Waals surface area contributed by atoms with Crippen LogP contribution in [-0.2, 0) is 6.54 Å². The van der Waals surface area contributed by atoms with Gasteiger partial charge in [-0.1, -0.05) is 12.1 Å². The molecule has 0 amide bonds. The van der Waals surface area contributed by atoms with Crippen LogP contribution in [0.4, 0.5) is 0 Å². The highest BCUT2D eigenvalue weighted by molar-refractivity contribution is 7.98. The molecule has 0 bridgehead atoms. The molecule has 0 radical (unpaired) electrons. The molecule has 0 saturated carbocycles. The molecule has 3 heteroatoms. The lowest BCUT2D eigenvalue weighted by atomic mass is 10.2. The molecular formula is C12H20N2S. The van der Waals surface area contributed by atoms with Crippen molar-refractivity contribution < 1.29 is 0 Å². The molecule has 0 aliphatic carbocycles. The van der Waals surface area contributed by atoms with Gasteiger partial charge in [-0.15, -0.1) is 11.8 Å². The molecular weight excluding hydrogens is 204 g/mol. The average molecular weight is 224 g/mol. The Hall–Kier alpha value is -0.510. The average Bonchev–Trinajstić information content (AvgIpc) is 2.30. The van der Waals surface area contributed by atoms with Gasteiger partial charge < -0.3 is 11.1 Å². The van der Waals surface area contributed by atoms with Crippen LogP contribution in [0.5, 0.6) is 0 Å². The third kappa shape index (κ3) is 5.21. The summed E-state index contributed by atoms with van der Waals surface area (Å²) in [6.45, 7) is 2.81. The lowest BCUT2D eigenvalue weighted by Crippen LogP contribution is -2.15. The Morgan fingerprint density at radius 1 is 1.20 bits per heavy atom. The lowest BCUT2D eigenvalue weighted by molar-refractivity contribution is 0.627. The fraction of sp³-hybridized carbons (Fsp3) is 0.500. The molecule has 0 heterocycles. The summed E-state index contributed by atoms with van der Waals surface area (Å²) in [5, 5.41) is 3.41. The molecule has 1 aromatic carbocycles. The van der Waals surface area contributed by atoms with Gasteiger partial charge in [0.05, 0.1) is 0 Å². The Morgan fingerprint density at radius 2 is 1.93 bits per heavy atom. The third-order valence-electron chi connectivity index (χ3n) is 2.30. The van der Waals surface area contributed by atoms with Gasteiger partial charge in [-0.05, 0) is 49.9 Å². The molecule has 0 spiro atoms. The van der Waals surface area contributed by atoms with Gasteiger partial charge >= 0.3 is 0 Å². The summed E-state index contributed by atoms with van der Waals surface area (Å²) in [5.41, 5.74) is 6.77. The van der Waals surface area contributed by atoms with Crippen LogP contribution < -0.4 is 11.1 Å². The van der Waals surface area contributed by atoms with Crippen LogP contribution in [0.15, 0.2) is 29.2 Å². The fourth-order valence-electron chi connectivity index (χ4n) is 1.37. The predicted octanol–water partition coefficient (Wildman–Crippen LogP) is 2.24. The topological polar surface area (TPSA) is 38.0 Å². The summed E-state index contributed by atoms with van der Waals surface area (Å²) in [6, 6.07) is 8.70. The number of hydrogen-bond donors (Lipinski definition) is 2. The van der Waals surface area contributed by atoms with E-state index in [1.165, 1.54) is 16.9 Å². The van der Waals surface area contributed by atoms with Crippen LogP contribution in [0.3, 0.4) is 0 Å². The highest BCUT2D eigenvalue weighted by atomic mass is 32.2. The standard InChI is InChI=1S/C12H20N2S/c1-15-12-6-4-11(5-7-12)10-14-9-3-2-8-13/h4-7,14H,2-3,8-10,13H2,1H3. The number of rotatable bonds is 7. The molecule has 2 nitrogen and oxygen atoms in total. The smallest absolute Gasteiger partial charge is 0.0205 e. The molecule has 3 N–H and O–H groups in total. The quantitative estimate of drug-likeness (QED) is 0.551. The molecule has 84 valence electrons. The minimum absolute atomic E-state index is 0.796. The summed E-state index contributed by atoms with van der Waals surface area (Å²) in [6.07, 6.45) is 4.37. The number of nitrogens with one attached hydrogen (secondary N) is 1. The van der Waals surface area contributed by atoms with E-state index >= 15 is 0 Å². The Balaban J connectivity index is 2.20. The van der Waals surface area contributed by atoms with Crippen molar-refractivity contribution in [1.29, 1.82) is 0 Å². The SMILES string of the molecule is CSc1ccc(CNCCCCN)cc1. The van der Waals surface area contributed by atoms with Gasteiger partial charge in [-0.3, -0.25) is 0 Å². The largest absolute Gasteiger partial charge is 0.330 e. The maximum absolute atomic E-state index is 5.42. The molecule has 1 aromatic rings. The molecule has 0 aromatic heterocycles. The minimum atomic E-state index is 0.796. The van der Waals surface area contributed by atoms with E-state index in [0.717, 1.165) is 26.1 Å². The van der Waals surface area contributed by atoms with Gasteiger partial charge in [0.25, 0.3) is 0 Å². The summed E-state index contributed by atoms with van der Waals surface area (Å²) in [7, 11) is 0. The van der Waals surface area contributed by atoms with Gasteiger partial charge in [-0.2, -0.15) is 0 Å². The summed E-state index contributed by atoms with van der Waals surface area (Å²) in [4.78, 5) is 1.32. The fourth-order valence-corrected chi connectivity index (χ4v) is 1.78. The summed E-state index contributed by atoms with van der Waals surface area (Å²) < 4.78 is 0. The van der Waals surface area contributed by atoms with E-state index in [-0.39, 0.29) is 0 Å². The van der Waals surface area contributed by atoms with Crippen LogP contribution in [0, 0.1) is 0 Å². The zero-order valence-corrected chi connectivity index (χ0v) is 10.1. The zero-order chi connectivity index (χ0) is 10.9. The van der Waals surface area contributed by atoms with Crippen LogP contribution in [0.2, 0.25) is 0 Å². The van der Waals surface area contributed by atoms with Crippen LogP contribution in [-0.4, -0.2) is 19.3 Å². The summed E-state index contributed by atoms with van der Waals surface area (Å²) >= 11 is 1.78. The van der Waals surface area contributed by atoms with Gasteiger partial charge in [0.15, 0.2) is 0 Å². The molecule has 0 unspecified atom stereocenters. The number of hydrogen-bond acceptors (Lipinski definition) is 3. The Kier molecular flexibility index (Phi) is 6.48. The molecule has 0 aliphatic rings. The second-order valence-corrected chi connectivity index (χ2v) is 4.40. The lowest BCUT2D eigenvalue weighted by Gasteiger charge is -2.05. The van der Waals surface area contributed by atoms with Gasteiger partial charge in [0.1, 0.15) is 0 Å². The molecule has 0 saturated heterocycles. The van der Waals surface area contributed by atoms with E-state index in [1.54, 1.807) is 11.8 Å². The van der Waals surface area contributed by atoms with Crippen molar-refractivity contribution in [2.75, 3.05) is 19.3 Å². The first-order valence-electron chi connectivity index (χ1n) is 5.40. The Labute approximate surface area is 96.6 Å². The first kappa shape index (κ1) is 12.6. The van der Waals surface area contributed by atoms with E-state index < -0.39 is 0 Å². The normalized spacial score (nSPS) is 10.5. The maximum atomic E-state index is 5.42. The first-order chi connectivity index (χ1) is 7.36.